The molecule has 1 atom stereocenters. The van der Waals surface area contributed by atoms with Crippen molar-refractivity contribution in [1.82, 2.24) is 14.9 Å². The van der Waals surface area contributed by atoms with Gasteiger partial charge in [0.05, 0.1) is 5.69 Å². The van der Waals surface area contributed by atoms with Crippen LogP contribution in [0, 0.1) is 5.41 Å². The van der Waals surface area contributed by atoms with Crippen LogP contribution in [0.3, 0.4) is 0 Å². The number of nitrogens with zero attached hydrogens (tertiary/aromatic N) is 2. The van der Waals surface area contributed by atoms with Gasteiger partial charge in [-0.05, 0) is 25.3 Å². The van der Waals surface area contributed by atoms with Gasteiger partial charge in [0.2, 0.25) is 5.91 Å². The molecule has 9 heteroatoms. The number of amidine groups is 1. The maximum absolute atomic E-state index is 12.7. The Morgan fingerprint density at radius 3 is 2.74 bits per heavy atom. The van der Waals surface area contributed by atoms with E-state index in [1.807, 2.05) is 6.92 Å². The SMILES string of the molecule is CCNc1nc(Cl)c2n(c1=O)[C@H](C(=O)NCc1ccc(C(=N)N)cc1)CC2. The first-order chi connectivity index (χ1) is 12.9. The van der Waals surface area contributed by atoms with E-state index in [4.69, 9.17) is 22.7 Å². The van der Waals surface area contributed by atoms with Gasteiger partial charge in [-0.25, -0.2) is 4.98 Å². The summed E-state index contributed by atoms with van der Waals surface area (Å²) in [5.41, 5.74) is 7.19. The van der Waals surface area contributed by atoms with Gasteiger partial charge in [0.25, 0.3) is 5.56 Å². The highest BCUT2D eigenvalue weighted by Crippen LogP contribution is 2.29. The quantitative estimate of drug-likeness (QED) is 0.439. The van der Waals surface area contributed by atoms with Crippen LogP contribution < -0.4 is 21.9 Å². The molecular formula is C18H21ClN6O2. The lowest BCUT2D eigenvalue weighted by Gasteiger charge is -2.16. The van der Waals surface area contributed by atoms with Crippen LogP contribution in [0.5, 0.6) is 0 Å². The van der Waals surface area contributed by atoms with Gasteiger partial charge >= 0.3 is 0 Å². The van der Waals surface area contributed by atoms with Crippen molar-refractivity contribution in [2.45, 2.75) is 32.4 Å². The summed E-state index contributed by atoms with van der Waals surface area (Å²) in [7, 11) is 0. The minimum atomic E-state index is -0.609. The minimum Gasteiger partial charge on any atom is -0.384 e. The molecule has 2 aromatic rings. The summed E-state index contributed by atoms with van der Waals surface area (Å²) in [4.78, 5) is 29.4. The standard InChI is InChI=1S/C18H21ClN6O2/c1-2-22-16-18(27)25-12(14(19)24-16)7-8-13(25)17(26)23-9-10-3-5-11(6-4-10)15(20)21/h3-6,13H,2,7-9H2,1H3,(H3,20,21)(H,22,24)(H,23,26)/t13-/m0/s1. The van der Waals surface area contributed by atoms with Crippen LogP contribution in [0.15, 0.2) is 29.1 Å². The lowest BCUT2D eigenvalue weighted by atomic mass is 10.1. The molecule has 0 saturated carbocycles. The van der Waals surface area contributed by atoms with Gasteiger partial charge in [0.1, 0.15) is 11.9 Å². The van der Waals surface area contributed by atoms with Crippen LogP contribution in [-0.4, -0.2) is 27.8 Å². The number of carbonyl (C=O) groups is 1. The summed E-state index contributed by atoms with van der Waals surface area (Å²) in [6.45, 7) is 2.70. The third-order valence-corrected chi connectivity index (χ3v) is 4.81. The third kappa shape index (κ3) is 3.80. The van der Waals surface area contributed by atoms with Crippen molar-refractivity contribution in [3.05, 3.63) is 56.6 Å². The molecule has 5 N–H and O–H groups in total. The molecule has 8 nitrogen and oxygen atoms in total. The number of halogens is 1. The lowest BCUT2D eigenvalue weighted by Crippen LogP contribution is -2.36. The molecule has 1 aromatic carbocycles. The zero-order valence-electron chi connectivity index (χ0n) is 14.9. The fraction of sp³-hybridized carbons (Fsp3) is 0.333. The minimum absolute atomic E-state index is 0.00509. The molecule has 0 radical (unpaired) electrons. The maximum Gasteiger partial charge on any atom is 0.294 e. The Morgan fingerprint density at radius 2 is 2.11 bits per heavy atom. The van der Waals surface area contributed by atoms with Gasteiger partial charge < -0.3 is 16.4 Å². The molecule has 0 spiro atoms. The Bertz CT molecular complexity index is 938. The van der Waals surface area contributed by atoms with Gasteiger partial charge in [0, 0.05) is 18.7 Å². The number of fused-ring (bicyclic) bond motifs is 1. The van der Waals surface area contributed by atoms with Gasteiger partial charge in [0.15, 0.2) is 11.0 Å². The number of aromatic nitrogens is 2. The molecule has 1 amide bonds. The number of hydrogen-bond donors (Lipinski definition) is 4. The third-order valence-electron chi connectivity index (χ3n) is 4.51. The number of nitrogens with one attached hydrogen (secondary N) is 3. The number of carbonyl (C=O) groups excluding carboxylic acids is 1. The first kappa shape index (κ1) is 18.9. The Kier molecular flexibility index (Phi) is 5.46. The molecule has 1 aliphatic rings. The van der Waals surface area contributed by atoms with Gasteiger partial charge in [-0.1, -0.05) is 35.9 Å². The zero-order valence-corrected chi connectivity index (χ0v) is 15.6. The van der Waals surface area contributed by atoms with Crippen molar-refractivity contribution >= 4 is 29.2 Å². The number of rotatable bonds is 6. The molecule has 142 valence electrons. The van der Waals surface area contributed by atoms with Crippen LogP contribution in [0.4, 0.5) is 5.82 Å². The number of hydrogen-bond acceptors (Lipinski definition) is 5. The molecule has 0 unspecified atom stereocenters. The summed E-state index contributed by atoms with van der Waals surface area (Å²) < 4.78 is 1.45. The van der Waals surface area contributed by atoms with E-state index in [9.17, 15) is 9.59 Å². The van der Waals surface area contributed by atoms with E-state index in [1.165, 1.54) is 4.57 Å². The summed E-state index contributed by atoms with van der Waals surface area (Å²) in [6, 6.07) is 6.45. The van der Waals surface area contributed by atoms with E-state index >= 15 is 0 Å². The van der Waals surface area contributed by atoms with Crippen LogP contribution in [0.1, 0.15) is 36.2 Å². The van der Waals surface area contributed by atoms with Gasteiger partial charge in [-0.2, -0.15) is 0 Å². The maximum atomic E-state index is 12.7. The topological polar surface area (TPSA) is 126 Å². The van der Waals surface area contributed by atoms with Crippen LogP contribution >= 0.6 is 11.6 Å². The fourth-order valence-electron chi connectivity index (χ4n) is 3.14. The highest BCUT2D eigenvalue weighted by molar-refractivity contribution is 6.30. The van der Waals surface area contributed by atoms with Crippen molar-refractivity contribution in [3.63, 3.8) is 0 Å². The van der Waals surface area contributed by atoms with Crippen LogP contribution in [0.25, 0.3) is 0 Å². The molecule has 3 rings (SSSR count). The Labute approximate surface area is 161 Å². The highest BCUT2D eigenvalue weighted by atomic mass is 35.5. The van der Waals surface area contributed by atoms with Crippen LogP contribution in [-0.2, 0) is 17.8 Å². The molecule has 0 bridgehead atoms. The second-order valence-electron chi connectivity index (χ2n) is 6.29. The van der Waals surface area contributed by atoms with Crippen molar-refractivity contribution in [2.75, 3.05) is 11.9 Å². The molecular weight excluding hydrogens is 368 g/mol. The van der Waals surface area contributed by atoms with Gasteiger partial charge in [-0.3, -0.25) is 19.6 Å². The van der Waals surface area contributed by atoms with Crippen molar-refractivity contribution in [3.8, 4) is 0 Å². The van der Waals surface area contributed by atoms with Crippen LogP contribution in [0.2, 0.25) is 5.15 Å². The van der Waals surface area contributed by atoms with E-state index in [2.05, 4.69) is 15.6 Å². The second-order valence-corrected chi connectivity index (χ2v) is 6.64. The predicted molar refractivity (Wildman–Crippen MR) is 104 cm³/mol. The number of nitrogen functional groups attached to an aromatic ring is 1. The van der Waals surface area contributed by atoms with Crippen molar-refractivity contribution in [2.24, 2.45) is 5.73 Å². The summed E-state index contributed by atoms with van der Waals surface area (Å²) >= 11 is 6.20. The van der Waals surface area contributed by atoms with Crippen molar-refractivity contribution < 1.29 is 4.79 Å². The molecule has 27 heavy (non-hydrogen) atoms. The summed E-state index contributed by atoms with van der Waals surface area (Å²) in [5, 5.41) is 13.4. The molecule has 0 fully saturated rings. The van der Waals surface area contributed by atoms with E-state index in [1.54, 1.807) is 24.3 Å². The Hall–Kier alpha value is -2.87. The predicted octanol–water partition coefficient (Wildman–Crippen LogP) is 1.42. The molecule has 0 aliphatic carbocycles. The normalized spacial score (nSPS) is 15.3. The van der Waals surface area contributed by atoms with E-state index < -0.39 is 6.04 Å². The average Bonchev–Trinajstić information content (AvgIpc) is 3.10. The van der Waals surface area contributed by atoms with Gasteiger partial charge in [-0.15, -0.1) is 0 Å². The second kappa shape index (κ2) is 7.79. The first-order valence-corrected chi connectivity index (χ1v) is 9.06. The average molecular weight is 389 g/mol. The monoisotopic (exact) mass is 388 g/mol. The molecule has 0 saturated heterocycles. The fourth-order valence-corrected chi connectivity index (χ4v) is 3.41. The molecule has 1 aromatic heterocycles. The number of anilines is 1. The Balaban J connectivity index is 1.76. The van der Waals surface area contributed by atoms with E-state index in [0.29, 0.717) is 37.2 Å². The molecule has 2 heterocycles. The van der Waals surface area contributed by atoms with E-state index in [-0.39, 0.29) is 28.3 Å². The number of nitrogens with two attached hydrogens (primary N) is 1. The Morgan fingerprint density at radius 1 is 1.41 bits per heavy atom. The number of amides is 1. The largest absolute Gasteiger partial charge is 0.384 e. The van der Waals surface area contributed by atoms with Crippen molar-refractivity contribution in [1.29, 1.82) is 5.41 Å². The first-order valence-electron chi connectivity index (χ1n) is 8.68. The smallest absolute Gasteiger partial charge is 0.294 e. The zero-order chi connectivity index (χ0) is 19.6. The van der Waals surface area contributed by atoms with E-state index in [0.717, 1.165) is 5.56 Å². The summed E-state index contributed by atoms with van der Waals surface area (Å²) in [6.07, 6.45) is 1.03. The molecule has 1 aliphatic heterocycles. The summed E-state index contributed by atoms with van der Waals surface area (Å²) in [5.74, 6) is -0.0866. The number of benzene rings is 1. The lowest BCUT2D eigenvalue weighted by molar-refractivity contribution is -0.124. The highest BCUT2D eigenvalue weighted by Gasteiger charge is 2.32.